The third-order valence-electron chi connectivity index (χ3n) is 4.59. The highest BCUT2D eigenvalue weighted by Gasteiger charge is 2.11. The van der Waals surface area contributed by atoms with E-state index in [9.17, 15) is 0 Å². The Labute approximate surface area is 163 Å². The van der Waals surface area contributed by atoms with Crippen LogP contribution in [-0.2, 0) is 6.54 Å². The van der Waals surface area contributed by atoms with Crippen LogP contribution in [0.3, 0.4) is 0 Å². The van der Waals surface area contributed by atoms with Crippen LogP contribution in [-0.4, -0.2) is 40.1 Å². The molecule has 0 bridgehead atoms. The molecule has 0 spiro atoms. The van der Waals surface area contributed by atoms with Crippen molar-refractivity contribution in [3.63, 3.8) is 0 Å². The van der Waals surface area contributed by atoms with Crippen LogP contribution < -0.4 is 11.5 Å². The fourth-order valence-electron chi connectivity index (χ4n) is 3.28. The van der Waals surface area contributed by atoms with E-state index in [0.29, 0.717) is 5.82 Å². The van der Waals surface area contributed by atoms with E-state index in [1.807, 2.05) is 31.1 Å². The van der Waals surface area contributed by atoms with Crippen LogP contribution in [0.5, 0.6) is 0 Å². The van der Waals surface area contributed by atoms with Gasteiger partial charge in [0.05, 0.1) is 17.4 Å². The summed E-state index contributed by atoms with van der Waals surface area (Å²) in [6.45, 7) is 1.51. The summed E-state index contributed by atoms with van der Waals surface area (Å²) in [4.78, 5) is 10.4. The van der Waals surface area contributed by atoms with Gasteiger partial charge in [0.15, 0.2) is 0 Å². The zero-order valence-electron chi connectivity index (χ0n) is 16.0. The molecule has 0 aliphatic rings. The number of fused-ring (bicyclic) bond motifs is 3. The first-order valence-corrected chi connectivity index (χ1v) is 9.04. The molecule has 0 atom stereocenters. The van der Waals surface area contributed by atoms with Gasteiger partial charge in [-0.05, 0) is 50.0 Å². The van der Waals surface area contributed by atoms with Gasteiger partial charge in [-0.2, -0.15) is 4.98 Å². The van der Waals surface area contributed by atoms with Gasteiger partial charge in [-0.15, -0.1) is 0 Å². The van der Waals surface area contributed by atoms with Crippen molar-refractivity contribution >= 4 is 33.6 Å². The minimum Gasteiger partial charge on any atom is -0.383 e. The molecule has 0 radical (unpaired) electrons. The lowest BCUT2D eigenvalue weighted by molar-refractivity contribution is 0.464. The van der Waals surface area contributed by atoms with Gasteiger partial charge < -0.3 is 16.0 Å². The lowest BCUT2D eigenvalue weighted by Crippen LogP contribution is -2.10. The van der Waals surface area contributed by atoms with Crippen molar-refractivity contribution in [3.8, 4) is 11.8 Å². The number of nitrogens with two attached hydrogens (primary N) is 2. The third-order valence-corrected chi connectivity index (χ3v) is 4.59. The molecule has 2 aromatic carbocycles. The highest BCUT2D eigenvalue weighted by molar-refractivity contribution is 6.10. The Morgan fingerprint density at radius 2 is 1.79 bits per heavy atom. The number of nitrogens with zero attached hydrogens (tertiary/aromatic N) is 4. The summed E-state index contributed by atoms with van der Waals surface area (Å²) in [5, 5.41) is 1.87. The van der Waals surface area contributed by atoms with E-state index >= 15 is 0 Å². The number of rotatable bonds is 3. The maximum absolute atomic E-state index is 6.10. The first-order chi connectivity index (χ1) is 13.5. The molecule has 0 saturated carbocycles. The zero-order valence-corrected chi connectivity index (χ0v) is 16.0. The molecule has 0 aliphatic carbocycles. The number of hydrogen-bond acceptors (Lipinski definition) is 5. The van der Waals surface area contributed by atoms with Crippen LogP contribution >= 0.6 is 0 Å². The van der Waals surface area contributed by atoms with Crippen molar-refractivity contribution in [3.05, 3.63) is 59.8 Å². The van der Waals surface area contributed by atoms with Crippen molar-refractivity contribution in [1.82, 2.24) is 19.4 Å². The molecule has 4 aromatic rings. The highest BCUT2D eigenvalue weighted by atomic mass is 15.0. The number of nitrogen functional groups attached to an aromatic ring is 2. The molecule has 4 N–H and O–H groups in total. The molecule has 0 unspecified atom stereocenters. The summed E-state index contributed by atoms with van der Waals surface area (Å²) in [6, 6.07) is 14.4. The van der Waals surface area contributed by atoms with Gasteiger partial charge in [-0.25, -0.2) is 4.98 Å². The fourth-order valence-corrected chi connectivity index (χ4v) is 3.28. The minimum atomic E-state index is 0.192. The molecule has 0 amide bonds. The number of benzene rings is 2. The predicted molar refractivity (Wildman–Crippen MR) is 115 cm³/mol. The van der Waals surface area contributed by atoms with Gasteiger partial charge in [0.2, 0.25) is 5.95 Å². The molecular formula is C22H22N6. The number of hydrogen-bond donors (Lipinski definition) is 2. The van der Waals surface area contributed by atoms with Crippen molar-refractivity contribution in [2.24, 2.45) is 0 Å². The second-order valence-corrected chi connectivity index (χ2v) is 7.04. The van der Waals surface area contributed by atoms with Crippen molar-refractivity contribution in [1.29, 1.82) is 0 Å². The SMILES string of the molecule is CN(C)CC#Cc1ccc(Cn2ccc3c4c(N)nc(N)nc4ccc32)cc1. The Morgan fingerprint density at radius 1 is 1.00 bits per heavy atom. The van der Waals surface area contributed by atoms with E-state index in [1.54, 1.807) is 0 Å². The van der Waals surface area contributed by atoms with Gasteiger partial charge in [0, 0.05) is 29.2 Å². The summed E-state index contributed by atoms with van der Waals surface area (Å²) < 4.78 is 2.19. The Hall–Kier alpha value is -3.56. The van der Waals surface area contributed by atoms with E-state index < -0.39 is 0 Å². The van der Waals surface area contributed by atoms with Crippen LogP contribution in [0.15, 0.2) is 48.7 Å². The van der Waals surface area contributed by atoms with Crippen LogP contribution in [0.25, 0.3) is 21.8 Å². The standard InChI is InChI=1S/C22H22N6/c1-27(2)12-3-4-15-5-7-16(8-6-15)14-28-13-11-17-19(28)10-9-18-20(17)21(23)26-22(24)25-18/h5-11,13H,12,14H2,1-2H3,(H4,23,24,25,26). The molecule has 6 nitrogen and oxygen atoms in total. The molecular weight excluding hydrogens is 348 g/mol. The van der Waals surface area contributed by atoms with Crippen LogP contribution in [0.2, 0.25) is 0 Å². The van der Waals surface area contributed by atoms with Crippen molar-refractivity contribution in [2.75, 3.05) is 32.1 Å². The second kappa shape index (κ2) is 7.22. The quantitative estimate of drug-likeness (QED) is 0.542. The summed E-state index contributed by atoms with van der Waals surface area (Å²) in [6.07, 6.45) is 2.06. The molecule has 0 saturated heterocycles. The van der Waals surface area contributed by atoms with Crippen LogP contribution in [0.4, 0.5) is 11.8 Å². The Bertz CT molecular complexity index is 1210. The van der Waals surface area contributed by atoms with Gasteiger partial charge in [-0.3, -0.25) is 4.90 Å². The maximum Gasteiger partial charge on any atom is 0.222 e. The molecule has 6 heteroatoms. The zero-order chi connectivity index (χ0) is 19.7. The third kappa shape index (κ3) is 3.48. The first kappa shape index (κ1) is 17.8. The van der Waals surface area contributed by atoms with E-state index in [2.05, 4.69) is 62.9 Å². The summed E-state index contributed by atoms with van der Waals surface area (Å²) in [5.74, 6) is 6.94. The second-order valence-electron chi connectivity index (χ2n) is 7.04. The number of aromatic nitrogens is 3. The van der Waals surface area contributed by atoms with Crippen LogP contribution in [0.1, 0.15) is 11.1 Å². The lowest BCUT2D eigenvalue weighted by Gasteiger charge is -2.08. The Balaban J connectivity index is 1.63. The van der Waals surface area contributed by atoms with E-state index in [4.69, 9.17) is 11.5 Å². The highest BCUT2D eigenvalue weighted by Crippen LogP contribution is 2.29. The molecule has 2 aromatic heterocycles. The van der Waals surface area contributed by atoms with Crippen LogP contribution in [0, 0.1) is 11.8 Å². The normalized spacial score (nSPS) is 11.1. The molecule has 0 fully saturated rings. The van der Waals surface area contributed by atoms with Gasteiger partial charge >= 0.3 is 0 Å². The largest absolute Gasteiger partial charge is 0.383 e. The average molecular weight is 370 g/mol. The molecule has 0 aliphatic heterocycles. The monoisotopic (exact) mass is 370 g/mol. The average Bonchev–Trinajstić information content (AvgIpc) is 3.05. The predicted octanol–water partition coefficient (Wildman–Crippen LogP) is 2.71. The molecule has 4 rings (SSSR count). The number of anilines is 2. The van der Waals surface area contributed by atoms with Gasteiger partial charge in [-0.1, -0.05) is 24.0 Å². The Kier molecular flexibility index (Phi) is 4.60. The molecule has 2 heterocycles. The first-order valence-electron chi connectivity index (χ1n) is 9.04. The lowest BCUT2D eigenvalue weighted by atomic mass is 10.1. The van der Waals surface area contributed by atoms with Gasteiger partial charge in [0.25, 0.3) is 0 Å². The molecule has 28 heavy (non-hydrogen) atoms. The maximum atomic E-state index is 6.10. The summed E-state index contributed by atoms with van der Waals surface area (Å²) >= 11 is 0. The smallest absolute Gasteiger partial charge is 0.222 e. The van der Waals surface area contributed by atoms with E-state index in [0.717, 1.165) is 40.5 Å². The van der Waals surface area contributed by atoms with Crippen molar-refractivity contribution < 1.29 is 0 Å². The van der Waals surface area contributed by atoms with E-state index in [-0.39, 0.29) is 5.95 Å². The molecule has 140 valence electrons. The van der Waals surface area contributed by atoms with E-state index in [1.165, 1.54) is 5.56 Å². The topological polar surface area (TPSA) is 86.0 Å². The van der Waals surface area contributed by atoms with Gasteiger partial charge in [0.1, 0.15) is 5.82 Å². The minimum absolute atomic E-state index is 0.192. The van der Waals surface area contributed by atoms with Crippen molar-refractivity contribution in [2.45, 2.75) is 6.54 Å². The summed E-state index contributed by atoms with van der Waals surface area (Å²) in [7, 11) is 4.02. The summed E-state index contributed by atoms with van der Waals surface area (Å²) in [5.41, 5.74) is 15.9. The fraction of sp³-hybridized carbons (Fsp3) is 0.182. The Morgan fingerprint density at radius 3 is 2.54 bits per heavy atom.